The smallest absolute Gasteiger partial charge is 0.162 e. The van der Waals surface area contributed by atoms with E-state index in [0.29, 0.717) is 12.3 Å². The van der Waals surface area contributed by atoms with Gasteiger partial charge in [0.2, 0.25) is 0 Å². The number of aliphatic hydroxyl groups is 1. The topological polar surface area (TPSA) is 52.9 Å². The third kappa shape index (κ3) is 3.16. The number of piperidine rings is 1. The van der Waals surface area contributed by atoms with Crippen LogP contribution in [0.25, 0.3) is 0 Å². The number of phenolic OH excluding ortho intramolecular Hbond substituents is 1. The van der Waals surface area contributed by atoms with Crippen molar-refractivity contribution < 1.29 is 14.9 Å². The number of rotatable bonds is 3. The standard InChI is InChI=1S/C13H18BrNO3/c1-18-12-7-10(14)6-9(13(12)17)8-15-4-2-11(16)3-5-15/h6-7,11,16-17H,2-5,8H2,1H3. The number of aromatic hydroxyl groups is 1. The molecule has 4 nitrogen and oxygen atoms in total. The van der Waals surface area contributed by atoms with Crippen LogP contribution >= 0.6 is 15.9 Å². The Balaban J connectivity index is 2.11. The highest BCUT2D eigenvalue weighted by molar-refractivity contribution is 9.10. The van der Waals surface area contributed by atoms with Gasteiger partial charge in [-0.15, -0.1) is 0 Å². The average molecular weight is 316 g/mol. The largest absolute Gasteiger partial charge is 0.504 e. The zero-order valence-corrected chi connectivity index (χ0v) is 12.0. The molecule has 0 atom stereocenters. The zero-order valence-electron chi connectivity index (χ0n) is 10.4. The number of hydrogen-bond donors (Lipinski definition) is 2. The normalized spacial score (nSPS) is 17.9. The van der Waals surface area contributed by atoms with Crippen LogP contribution in [0, 0.1) is 0 Å². The van der Waals surface area contributed by atoms with E-state index in [1.807, 2.05) is 6.07 Å². The van der Waals surface area contributed by atoms with Crippen LogP contribution < -0.4 is 4.74 Å². The van der Waals surface area contributed by atoms with Crippen LogP contribution in [0.2, 0.25) is 0 Å². The van der Waals surface area contributed by atoms with Crippen molar-refractivity contribution in [2.45, 2.75) is 25.5 Å². The van der Waals surface area contributed by atoms with Gasteiger partial charge in [-0.05, 0) is 25.0 Å². The second kappa shape index (κ2) is 5.91. The van der Waals surface area contributed by atoms with Crippen LogP contribution in [0.5, 0.6) is 11.5 Å². The lowest BCUT2D eigenvalue weighted by Crippen LogP contribution is -2.35. The molecule has 18 heavy (non-hydrogen) atoms. The van der Waals surface area contributed by atoms with Crippen molar-refractivity contribution in [3.8, 4) is 11.5 Å². The van der Waals surface area contributed by atoms with E-state index in [4.69, 9.17) is 4.74 Å². The molecule has 0 aromatic heterocycles. The molecule has 2 N–H and O–H groups in total. The third-order valence-electron chi connectivity index (χ3n) is 3.29. The van der Waals surface area contributed by atoms with Gasteiger partial charge in [-0.2, -0.15) is 0 Å². The number of aliphatic hydroxyl groups excluding tert-OH is 1. The second-order valence-electron chi connectivity index (χ2n) is 4.62. The molecule has 1 heterocycles. The number of hydrogen-bond acceptors (Lipinski definition) is 4. The zero-order chi connectivity index (χ0) is 13.1. The molecule has 2 rings (SSSR count). The van der Waals surface area contributed by atoms with Gasteiger partial charge in [0.1, 0.15) is 0 Å². The molecule has 0 amide bonds. The Bertz CT molecular complexity index is 417. The number of nitrogens with zero attached hydrogens (tertiary/aromatic N) is 1. The monoisotopic (exact) mass is 315 g/mol. The second-order valence-corrected chi connectivity index (χ2v) is 5.54. The van der Waals surface area contributed by atoms with Crippen LogP contribution in [0.15, 0.2) is 16.6 Å². The summed E-state index contributed by atoms with van der Waals surface area (Å²) in [6.45, 7) is 2.39. The summed E-state index contributed by atoms with van der Waals surface area (Å²) in [6.07, 6.45) is 1.42. The van der Waals surface area contributed by atoms with Crippen molar-refractivity contribution in [2.24, 2.45) is 0 Å². The molecule has 1 aliphatic heterocycles. The lowest BCUT2D eigenvalue weighted by Gasteiger charge is -2.29. The maximum absolute atomic E-state index is 10.1. The molecular weight excluding hydrogens is 298 g/mol. The van der Waals surface area contributed by atoms with Gasteiger partial charge in [0.25, 0.3) is 0 Å². The first-order valence-corrected chi connectivity index (χ1v) is 6.85. The van der Waals surface area contributed by atoms with E-state index >= 15 is 0 Å². The summed E-state index contributed by atoms with van der Waals surface area (Å²) in [4.78, 5) is 2.23. The fourth-order valence-corrected chi connectivity index (χ4v) is 2.71. The fraction of sp³-hybridized carbons (Fsp3) is 0.538. The average Bonchev–Trinajstić information content (AvgIpc) is 2.36. The molecule has 1 aromatic carbocycles. The number of likely N-dealkylation sites (tertiary alicyclic amines) is 1. The highest BCUT2D eigenvalue weighted by atomic mass is 79.9. The fourth-order valence-electron chi connectivity index (χ4n) is 2.22. The van der Waals surface area contributed by atoms with E-state index in [-0.39, 0.29) is 11.9 Å². The molecule has 1 fully saturated rings. The van der Waals surface area contributed by atoms with Crippen LogP contribution in [0.1, 0.15) is 18.4 Å². The molecule has 5 heteroatoms. The highest BCUT2D eigenvalue weighted by Gasteiger charge is 2.19. The van der Waals surface area contributed by atoms with Gasteiger partial charge in [0, 0.05) is 29.7 Å². The summed E-state index contributed by atoms with van der Waals surface area (Å²) in [6, 6.07) is 3.65. The van der Waals surface area contributed by atoms with Crippen molar-refractivity contribution in [3.63, 3.8) is 0 Å². The van der Waals surface area contributed by atoms with Gasteiger partial charge in [-0.3, -0.25) is 4.90 Å². The summed E-state index contributed by atoms with van der Waals surface area (Å²) in [5.41, 5.74) is 0.845. The Hall–Kier alpha value is -0.780. The van der Waals surface area contributed by atoms with Crippen molar-refractivity contribution in [1.29, 1.82) is 0 Å². The van der Waals surface area contributed by atoms with Gasteiger partial charge in [-0.25, -0.2) is 0 Å². The first kappa shape index (κ1) is 13.6. The Kier molecular flexibility index (Phi) is 4.48. The molecule has 0 saturated carbocycles. The van der Waals surface area contributed by atoms with Crippen LogP contribution in [0.3, 0.4) is 0 Å². The molecule has 0 unspecified atom stereocenters. The number of halogens is 1. The van der Waals surface area contributed by atoms with Crippen molar-refractivity contribution in [2.75, 3.05) is 20.2 Å². The van der Waals surface area contributed by atoms with Crippen molar-refractivity contribution >= 4 is 15.9 Å². The SMILES string of the molecule is COc1cc(Br)cc(CN2CCC(O)CC2)c1O. The number of methoxy groups -OCH3 is 1. The predicted octanol–water partition coefficient (Wildman–Crippen LogP) is 2.12. The minimum absolute atomic E-state index is 0.174. The molecule has 0 aliphatic carbocycles. The molecule has 100 valence electrons. The quantitative estimate of drug-likeness (QED) is 0.897. The molecule has 1 aliphatic rings. The maximum Gasteiger partial charge on any atom is 0.162 e. The summed E-state index contributed by atoms with van der Waals surface area (Å²) in [7, 11) is 1.54. The van der Waals surface area contributed by atoms with E-state index in [2.05, 4.69) is 20.8 Å². The summed E-state index contributed by atoms with van der Waals surface area (Å²) < 4.78 is 6.03. The lowest BCUT2D eigenvalue weighted by atomic mass is 10.1. The third-order valence-corrected chi connectivity index (χ3v) is 3.75. The predicted molar refractivity (Wildman–Crippen MR) is 72.9 cm³/mol. The van der Waals surface area contributed by atoms with Crippen molar-refractivity contribution in [1.82, 2.24) is 4.90 Å². The number of benzene rings is 1. The van der Waals surface area contributed by atoms with Crippen LogP contribution in [-0.4, -0.2) is 41.4 Å². The first-order valence-electron chi connectivity index (χ1n) is 6.06. The Labute approximate surface area is 115 Å². The summed E-state index contributed by atoms with van der Waals surface area (Å²) in [5, 5.41) is 19.5. The highest BCUT2D eigenvalue weighted by Crippen LogP contribution is 2.34. The molecule has 0 bridgehead atoms. The van der Waals surface area contributed by atoms with E-state index < -0.39 is 0 Å². The van der Waals surface area contributed by atoms with Gasteiger partial charge >= 0.3 is 0 Å². The molecule has 0 spiro atoms. The minimum atomic E-state index is -0.174. The van der Waals surface area contributed by atoms with Gasteiger partial charge in [0.05, 0.1) is 13.2 Å². The number of ether oxygens (including phenoxy) is 1. The van der Waals surface area contributed by atoms with E-state index in [1.165, 1.54) is 0 Å². The van der Waals surface area contributed by atoms with Crippen LogP contribution in [0.4, 0.5) is 0 Å². The van der Waals surface area contributed by atoms with E-state index in [1.54, 1.807) is 13.2 Å². The first-order chi connectivity index (χ1) is 8.60. The van der Waals surface area contributed by atoms with Crippen molar-refractivity contribution in [3.05, 3.63) is 22.2 Å². The number of phenols is 1. The van der Waals surface area contributed by atoms with Gasteiger partial charge < -0.3 is 14.9 Å². The minimum Gasteiger partial charge on any atom is -0.504 e. The Morgan fingerprint density at radius 2 is 2.06 bits per heavy atom. The van der Waals surface area contributed by atoms with E-state index in [0.717, 1.165) is 36.0 Å². The molecule has 0 radical (unpaired) electrons. The van der Waals surface area contributed by atoms with Crippen LogP contribution in [-0.2, 0) is 6.54 Å². The van der Waals surface area contributed by atoms with E-state index in [9.17, 15) is 10.2 Å². The van der Waals surface area contributed by atoms with Gasteiger partial charge in [0.15, 0.2) is 11.5 Å². The maximum atomic E-state index is 10.1. The van der Waals surface area contributed by atoms with Gasteiger partial charge in [-0.1, -0.05) is 15.9 Å². The summed E-state index contributed by atoms with van der Waals surface area (Å²) in [5.74, 6) is 0.684. The Morgan fingerprint density at radius 3 is 2.67 bits per heavy atom. The molecular formula is C13H18BrNO3. The summed E-state index contributed by atoms with van der Waals surface area (Å²) >= 11 is 3.41. The molecule has 1 saturated heterocycles. The Morgan fingerprint density at radius 1 is 1.39 bits per heavy atom. The molecule has 1 aromatic rings. The lowest BCUT2D eigenvalue weighted by molar-refractivity contribution is 0.0788.